The van der Waals surface area contributed by atoms with Gasteiger partial charge in [0.25, 0.3) is 0 Å². The van der Waals surface area contributed by atoms with Crippen molar-refractivity contribution in [3.63, 3.8) is 0 Å². The summed E-state index contributed by atoms with van der Waals surface area (Å²) in [6.45, 7) is 5.74. The summed E-state index contributed by atoms with van der Waals surface area (Å²) in [5, 5.41) is 4.77. The van der Waals surface area contributed by atoms with Gasteiger partial charge >= 0.3 is 0 Å². The molecule has 0 spiro atoms. The van der Waals surface area contributed by atoms with E-state index < -0.39 is 0 Å². The van der Waals surface area contributed by atoms with Gasteiger partial charge in [-0.2, -0.15) is 5.10 Å². The molecular formula is C25H30N4O. The van der Waals surface area contributed by atoms with Gasteiger partial charge in [0.15, 0.2) is 0 Å². The fourth-order valence-corrected chi connectivity index (χ4v) is 4.70. The number of ether oxygens (including phenoxy) is 1. The van der Waals surface area contributed by atoms with Crippen LogP contribution in [0.25, 0.3) is 5.69 Å². The third-order valence-electron chi connectivity index (χ3n) is 6.65. The first-order chi connectivity index (χ1) is 14.7. The van der Waals surface area contributed by atoms with Gasteiger partial charge < -0.3 is 14.5 Å². The maximum atomic E-state index is 5.51. The lowest BCUT2D eigenvalue weighted by Gasteiger charge is -2.35. The van der Waals surface area contributed by atoms with Gasteiger partial charge in [-0.3, -0.25) is 0 Å². The molecular weight excluding hydrogens is 372 g/mol. The van der Waals surface area contributed by atoms with Gasteiger partial charge in [0, 0.05) is 31.9 Å². The van der Waals surface area contributed by atoms with E-state index >= 15 is 0 Å². The minimum atomic E-state index is 0.575. The summed E-state index contributed by atoms with van der Waals surface area (Å²) < 4.78 is 7.58. The zero-order chi connectivity index (χ0) is 20.5. The van der Waals surface area contributed by atoms with E-state index in [4.69, 9.17) is 9.84 Å². The average Bonchev–Trinajstić information content (AvgIpc) is 3.28. The third kappa shape index (κ3) is 3.58. The molecule has 1 saturated heterocycles. The van der Waals surface area contributed by atoms with Crippen LogP contribution in [-0.2, 0) is 17.6 Å². The highest BCUT2D eigenvalue weighted by Crippen LogP contribution is 2.36. The molecule has 156 valence electrons. The number of fused-ring (bicyclic) bond motifs is 1. The molecule has 0 amide bonds. The highest BCUT2D eigenvalue weighted by atomic mass is 16.5. The standard InChI is InChI=1S/C25H30N4O/c1-19-8-9-22-23(16-20-6-4-3-5-7-20)25(11-10-24(22)27(19)2)29-18-21(17-26-29)28-12-14-30-15-13-28/h3-7,10-11,17-19H,8-9,12-16H2,1-2H3. The van der Waals surface area contributed by atoms with E-state index in [1.165, 1.54) is 40.2 Å². The van der Waals surface area contributed by atoms with Gasteiger partial charge in [0.05, 0.1) is 37.0 Å². The molecule has 1 atom stereocenters. The summed E-state index contributed by atoms with van der Waals surface area (Å²) in [7, 11) is 2.22. The first kappa shape index (κ1) is 19.2. The van der Waals surface area contributed by atoms with Crippen molar-refractivity contribution in [1.82, 2.24) is 9.78 Å². The largest absolute Gasteiger partial charge is 0.378 e. The third-order valence-corrected chi connectivity index (χ3v) is 6.65. The fourth-order valence-electron chi connectivity index (χ4n) is 4.70. The van der Waals surface area contributed by atoms with E-state index in [0.717, 1.165) is 39.1 Å². The van der Waals surface area contributed by atoms with Crippen molar-refractivity contribution >= 4 is 11.4 Å². The van der Waals surface area contributed by atoms with Crippen LogP contribution in [0.15, 0.2) is 54.9 Å². The lowest BCUT2D eigenvalue weighted by Crippen LogP contribution is -2.35. The predicted molar refractivity (Wildman–Crippen MR) is 122 cm³/mol. The number of anilines is 2. The second kappa shape index (κ2) is 8.15. The highest BCUT2D eigenvalue weighted by molar-refractivity contribution is 5.65. The fraction of sp³-hybridized carbons (Fsp3) is 0.400. The maximum Gasteiger partial charge on any atom is 0.0758 e. The topological polar surface area (TPSA) is 33.5 Å². The van der Waals surface area contributed by atoms with E-state index in [1.54, 1.807) is 0 Å². The molecule has 3 aromatic rings. The number of benzene rings is 2. The van der Waals surface area contributed by atoms with E-state index in [9.17, 15) is 0 Å². The van der Waals surface area contributed by atoms with Crippen LogP contribution in [0.1, 0.15) is 30.0 Å². The van der Waals surface area contributed by atoms with Crippen LogP contribution in [0.4, 0.5) is 11.4 Å². The number of morpholine rings is 1. The van der Waals surface area contributed by atoms with Crippen LogP contribution in [-0.4, -0.2) is 49.2 Å². The summed E-state index contributed by atoms with van der Waals surface area (Å²) >= 11 is 0. The van der Waals surface area contributed by atoms with Gasteiger partial charge in [-0.15, -0.1) is 0 Å². The Morgan fingerprint density at radius 3 is 2.60 bits per heavy atom. The van der Waals surface area contributed by atoms with E-state index in [1.807, 2.05) is 6.20 Å². The van der Waals surface area contributed by atoms with Crippen LogP contribution in [0.5, 0.6) is 0 Å². The van der Waals surface area contributed by atoms with E-state index in [2.05, 4.69) is 77.1 Å². The van der Waals surface area contributed by atoms with Crippen molar-refractivity contribution < 1.29 is 4.74 Å². The lowest BCUT2D eigenvalue weighted by atomic mass is 9.89. The Labute approximate surface area is 178 Å². The monoisotopic (exact) mass is 402 g/mol. The highest BCUT2D eigenvalue weighted by Gasteiger charge is 2.25. The Bertz CT molecular complexity index is 1010. The molecule has 5 nitrogen and oxygen atoms in total. The zero-order valence-electron chi connectivity index (χ0n) is 17.9. The van der Waals surface area contributed by atoms with E-state index in [0.29, 0.717) is 6.04 Å². The van der Waals surface area contributed by atoms with Gasteiger partial charge in [0.2, 0.25) is 0 Å². The molecule has 0 aliphatic carbocycles. The molecule has 2 aromatic carbocycles. The molecule has 0 saturated carbocycles. The Balaban J connectivity index is 1.57. The van der Waals surface area contributed by atoms with Crippen LogP contribution in [0, 0.1) is 0 Å². The quantitative estimate of drug-likeness (QED) is 0.659. The van der Waals surface area contributed by atoms with Gasteiger partial charge in [-0.1, -0.05) is 30.3 Å². The molecule has 2 aliphatic rings. The molecule has 1 aromatic heterocycles. The maximum absolute atomic E-state index is 5.51. The average molecular weight is 403 g/mol. The van der Waals surface area contributed by atoms with Crippen molar-refractivity contribution in [2.75, 3.05) is 43.2 Å². The predicted octanol–water partition coefficient (Wildman–Crippen LogP) is 4.07. The lowest BCUT2D eigenvalue weighted by molar-refractivity contribution is 0.122. The first-order valence-corrected chi connectivity index (χ1v) is 11.0. The van der Waals surface area contributed by atoms with Crippen molar-refractivity contribution in [1.29, 1.82) is 0 Å². The number of hydrogen-bond donors (Lipinski definition) is 0. The summed E-state index contributed by atoms with van der Waals surface area (Å²) in [6.07, 6.45) is 7.40. The van der Waals surface area contributed by atoms with Crippen LogP contribution < -0.4 is 9.80 Å². The summed E-state index contributed by atoms with van der Waals surface area (Å²) in [6, 6.07) is 15.9. The Hall–Kier alpha value is -2.79. The van der Waals surface area contributed by atoms with Crippen molar-refractivity contribution in [3.05, 3.63) is 71.5 Å². The normalized spacial score (nSPS) is 19.1. The second-order valence-electron chi connectivity index (χ2n) is 8.46. The Morgan fingerprint density at radius 2 is 1.80 bits per heavy atom. The minimum Gasteiger partial charge on any atom is -0.378 e. The van der Waals surface area contributed by atoms with Crippen molar-refractivity contribution in [2.24, 2.45) is 0 Å². The molecule has 5 rings (SSSR count). The summed E-state index contributed by atoms with van der Waals surface area (Å²) in [5.41, 5.74) is 7.94. The number of hydrogen-bond acceptors (Lipinski definition) is 4. The minimum absolute atomic E-state index is 0.575. The first-order valence-electron chi connectivity index (χ1n) is 11.0. The molecule has 0 N–H and O–H groups in total. The molecule has 3 heterocycles. The van der Waals surface area contributed by atoms with Crippen LogP contribution in [0.2, 0.25) is 0 Å². The van der Waals surface area contributed by atoms with Gasteiger partial charge in [-0.25, -0.2) is 4.68 Å². The zero-order valence-corrected chi connectivity index (χ0v) is 17.9. The Morgan fingerprint density at radius 1 is 1.03 bits per heavy atom. The van der Waals surface area contributed by atoms with Crippen molar-refractivity contribution in [2.45, 2.75) is 32.2 Å². The summed E-state index contributed by atoms with van der Waals surface area (Å²) in [4.78, 5) is 4.79. The van der Waals surface area contributed by atoms with Crippen LogP contribution in [0.3, 0.4) is 0 Å². The number of nitrogens with zero attached hydrogens (tertiary/aromatic N) is 4. The molecule has 0 bridgehead atoms. The van der Waals surface area contributed by atoms with Crippen LogP contribution >= 0.6 is 0 Å². The molecule has 5 heteroatoms. The number of aromatic nitrogens is 2. The van der Waals surface area contributed by atoms with Gasteiger partial charge in [-0.05, 0) is 55.0 Å². The summed E-state index contributed by atoms with van der Waals surface area (Å²) in [5.74, 6) is 0. The second-order valence-corrected chi connectivity index (χ2v) is 8.46. The SMILES string of the molecule is CC1CCc2c(ccc(-n3cc(N4CCOCC4)cn3)c2Cc2ccccc2)N1C. The number of rotatable bonds is 4. The molecule has 1 unspecified atom stereocenters. The molecule has 0 radical (unpaired) electrons. The molecule has 1 fully saturated rings. The van der Waals surface area contributed by atoms with Crippen molar-refractivity contribution in [3.8, 4) is 5.69 Å². The molecule has 2 aliphatic heterocycles. The smallest absolute Gasteiger partial charge is 0.0758 e. The van der Waals surface area contributed by atoms with Gasteiger partial charge in [0.1, 0.15) is 0 Å². The Kier molecular flexibility index (Phi) is 5.21. The molecule has 30 heavy (non-hydrogen) atoms. The van der Waals surface area contributed by atoms with E-state index in [-0.39, 0.29) is 0 Å².